The molecule has 0 saturated carbocycles. The molecule has 2 rings (SSSR count). The summed E-state index contributed by atoms with van der Waals surface area (Å²) in [6.45, 7) is 0.361. The Morgan fingerprint density at radius 3 is 2.62 bits per heavy atom. The number of ether oxygens (including phenoxy) is 2. The molecule has 0 fully saturated rings. The topological polar surface area (TPSA) is 38.7 Å². The SMILES string of the molecule is OCC#Cc1cccc(OCCOc2ccccc2F)c1. The molecule has 21 heavy (non-hydrogen) atoms. The number of aliphatic hydroxyl groups excluding tert-OH is 1. The highest BCUT2D eigenvalue weighted by molar-refractivity contribution is 5.39. The van der Waals surface area contributed by atoms with Gasteiger partial charge in [-0.05, 0) is 30.3 Å². The van der Waals surface area contributed by atoms with E-state index in [1.807, 2.05) is 12.1 Å². The molecule has 0 unspecified atom stereocenters. The van der Waals surface area contributed by atoms with Crippen molar-refractivity contribution >= 4 is 0 Å². The Morgan fingerprint density at radius 1 is 1.00 bits per heavy atom. The highest BCUT2D eigenvalue weighted by Gasteiger charge is 2.01. The van der Waals surface area contributed by atoms with Gasteiger partial charge in [0.05, 0.1) is 0 Å². The number of halogens is 1. The van der Waals surface area contributed by atoms with Gasteiger partial charge in [0.1, 0.15) is 25.6 Å². The third-order valence-corrected chi connectivity index (χ3v) is 2.59. The summed E-state index contributed by atoms with van der Waals surface area (Å²) in [6.07, 6.45) is 0. The van der Waals surface area contributed by atoms with E-state index in [1.54, 1.807) is 30.3 Å². The molecule has 0 bridgehead atoms. The number of benzene rings is 2. The second kappa shape index (κ2) is 7.93. The van der Waals surface area contributed by atoms with E-state index in [2.05, 4.69) is 11.8 Å². The van der Waals surface area contributed by atoms with Gasteiger partial charge in [-0.3, -0.25) is 0 Å². The summed E-state index contributed by atoms with van der Waals surface area (Å²) in [5, 5.41) is 8.65. The average molecular weight is 286 g/mol. The molecule has 0 spiro atoms. The van der Waals surface area contributed by atoms with Gasteiger partial charge in [-0.15, -0.1) is 0 Å². The summed E-state index contributed by atoms with van der Waals surface area (Å²) in [4.78, 5) is 0. The van der Waals surface area contributed by atoms with Crippen molar-refractivity contribution in [2.45, 2.75) is 0 Å². The molecule has 2 aromatic carbocycles. The van der Waals surface area contributed by atoms with Crippen molar-refractivity contribution in [2.75, 3.05) is 19.8 Å². The summed E-state index contributed by atoms with van der Waals surface area (Å²) >= 11 is 0. The Labute approximate surface area is 122 Å². The molecule has 3 nitrogen and oxygen atoms in total. The van der Waals surface area contributed by atoms with E-state index in [0.29, 0.717) is 12.4 Å². The summed E-state index contributed by atoms with van der Waals surface area (Å²) < 4.78 is 24.1. The summed E-state index contributed by atoms with van der Waals surface area (Å²) in [5.41, 5.74) is 0.761. The first-order valence-corrected chi connectivity index (χ1v) is 6.49. The fourth-order valence-corrected chi connectivity index (χ4v) is 1.68. The van der Waals surface area contributed by atoms with Crippen LogP contribution in [0.2, 0.25) is 0 Å². The zero-order valence-corrected chi connectivity index (χ0v) is 11.4. The average Bonchev–Trinajstić information content (AvgIpc) is 2.51. The monoisotopic (exact) mass is 286 g/mol. The Kier molecular flexibility index (Phi) is 5.62. The molecule has 0 amide bonds. The van der Waals surface area contributed by atoms with Gasteiger partial charge < -0.3 is 14.6 Å². The highest BCUT2D eigenvalue weighted by atomic mass is 19.1. The first-order valence-electron chi connectivity index (χ1n) is 6.49. The maximum absolute atomic E-state index is 13.3. The second-order valence-corrected chi connectivity index (χ2v) is 4.12. The Morgan fingerprint density at radius 2 is 1.81 bits per heavy atom. The molecule has 0 heterocycles. The van der Waals surface area contributed by atoms with E-state index in [9.17, 15) is 4.39 Å². The van der Waals surface area contributed by atoms with E-state index in [1.165, 1.54) is 6.07 Å². The van der Waals surface area contributed by atoms with E-state index < -0.39 is 5.82 Å². The molecule has 0 saturated heterocycles. The number of aliphatic hydroxyl groups is 1. The van der Waals surface area contributed by atoms with Crippen LogP contribution in [0.5, 0.6) is 11.5 Å². The van der Waals surface area contributed by atoms with Crippen molar-refractivity contribution in [1.82, 2.24) is 0 Å². The van der Waals surface area contributed by atoms with Crippen LogP contribution in [0.15, 0.2) is 48.5 Å². The third-order valence-electron chi connectivity index (χ3n) is 2.59. The van der Waals surface area contributed by atoms with Gasteiger partial charge in [0.25, 0.3) is 0 Å². The number of para-hydroxylation sites is 1. The quantitative estimate of drug-likeness (QED) is 0.678. The summed E-state index contributed by atoms with van der Waals surface area (Å²) in [5.74, 6) is 5.84. The fourth-order valence-electron chi connectivity index (χ4n) is 1.68. The van der Waals surface area contributed by atoms with Crippen LogP contribution in [0.1, 0.15) is 5.56 Å². The van der Waals surface area contributed by atoms with Crippen molar-refractivity contribution in [3.8, 4) is 23.3 Å². The van der Waals surface area contributed by atoms with Gasteiger partial charge in [-0.2, -0.15) is 0 Å². The molecular formula is C17H15FO3. The molecule has 0 atom stereocenters. The number of rotatable bonds is 5. The molecule has 1 N–H and O–H groups in total. The van der Waals surface area contributed by atoms with Crippen LogP contribution in [-0.2, 0) is 0 Å². The lowest BCUT2D eigenvalue weighted by molar-refractivity contribution is 0.211. The van der Waals surface area contributed by atoms with Gasteiger partial charge >= 0.3 is 0 Å². The van der Waals surface area contributed by atoms with Gasteiger partial charge in [0.2, 0.25) is 0 Å². The largest absolute Gasteiger partial charge is 0.490 e. The molecule has 0 aromatic heterocycles. The first kappa shape index (κ1) is 14.9. The van der Waals surface area contributed by atoms with Gasteiger partial charge in [0.15, 0.2) is 11.6 Å². The molecule has 0 aliphatic heterocycles. The minimum Gasteiger partial charge on any atom is -0.490 e. The van der Waals surface area contributed by atoms with E-state index >= 15 is 0 Å². The van der Waals surface area contributed by atoms with Crippen LogP contribution < -0.4 is 9.47 Å². The Hall–Kier alpha value is -2.51. The molecule has 2 aromatic rings. The normalized spacial score (nSPS) is 9.62. The van der Waals surface area contributed by atoms with Crippen molar-refractivity contribution in [1.29, 1.82) is 0 Å². The molecule has 0 aliphatic carbocycles. The maximum Gasteiger partial charge on any atom is 0.165 e. The Balaban J connectivity index is 1.82. The summed E-state index contributed by atoms with van der Waals surface area (Å²) in [7, 11) is 0. The maximum atomic E-state index is 13.3. The van der Waals surface area contributed by atoms with Gasteiger partial charge in [-0.25, -0.2) is 4.39 Å². The van der Waals surface area contributed by atoms with Gasteiger partial charge in [0, 0.05) is 5.56 Å². The third kappa shape index (κ3) is 4.83. The van der Waals surface area contributed by atoms with Gasteiger partial charge in [-0.1, -0.05) is 30.0 Å². The van der Waals surface area contributed by atoms with E-state index in [4.69, 9.17) is 14.6 Å². The van der Waals surface area contributed by atoms with Crippen molar-refractivity contribution < 1.29 is 19.0 Å². The zero-order valence-electron chi connectivity index (χ0n) is 11.4. The van der Waals surface area contributed by atoms with Crippen molar-refractivity contribution in [3.05, 3.63) is 59.9 Å². The van der Waals surface area contributed by atoms with Crippen LogP contribution >= 0.6 is 0 Å². The molecule has 0 radical (unpaired) electrons. The molecule has 108 valence electrons. The number of hydrogen-bond donors (Lipinski definition) is 1. The first-order chi connectivity index (χ1) is 10.3. The van der Waals surface area contributed by atoms with Crippen LogP contribution in [0, 0.1) is 17.7 Å². The molecule has 4 heteroatoms. The second-order valence-electron chi connectivity index (χ2n) is 4.12. The van der Waals surface area contributed by atoms with Crippen LogP contribution in [0.4, 0.5) is 4.39 Å². The van der Waals surface area contributed by atoms with Crippen LogP contribution in [-0.4, -0.2) is 24.9 Å². The predicted octanol–water partition coefficient (Wildman–Crippen LogP) is 2.63. The number of hydrogen-bond acceptors (Lipinski definition) is 3. The lowest BCUT2D eigenvalue weighted by atomic mass is 10.2. The highest BCUT2D eigenvalue weighted by Crippen LogP contribution is 2.16. The lowest BCUT2D eigenvalue weighted by Gasteiger charge is -2.09. The fraction of sp³-hybridized carbons (Fsp3) is 0.176. The molecular weight excluding hydrogens is 271 g/mol. The minimum absolute atomic E-state index is 0.179. The minimum atomic E-state index is -0.390. The van der Waals surface area contributed by atoms with E-state index in [0.717, 1.165) is 5.56 Å². The summed E-state index contributed by atoms with van der Waals surface area (Å²) in [6, 6.07) is 13.4. The van der Waals surface area contributed by atoms with Crippen LogP contribution in [0.25, 0.3) is 0 Å². The van der Waals surface area contributed by atoms with Crippen molar-refractivity contribution in [2.24, 2.45) is 0 Å². The van der Waals surface area contributed by atoms with E-state index in [-0.39, 0.29) is 19.0 Å². The van der Waals surface area contributed by atoms with Crippen LogP contribution in [0.3, 0.4) is 0 Å². The lowest BCUT2D eigenvalue weighted by Crippen LogP contribution is -2.09. The molecule has 0 aliphatic rings. The Bertz CT molecular complexity index is 644. The zero-order chi connectivity index (χ0) is 14.9. The van der Waals surface area contributed by atoms with Crippen molar-refractivity contribution in [3.63, 3.8) is 0 Å². The smallest absolute Gasteiger partial charge is 0.165 e. The predicted molar refractivity (Wildman–Crippen MR) is 77.8 cm³/mol. The standard InChI is InChI=1S/C17H15FO3/c18-16-8-1-2-9-17(16)21-12-11-20-15-7-3-5-14(13-15)6-4-10-19/h1-3,5,7-9,13,19H,10-12H2.